The SMILES string of the molecule is CCOC(=O)C[C@@H]1CN(C(=O)OCC)CCc2sccc21. The summed E-state index contributed by atoms with van der Waals surface area (Å²) in [5.74, 6) is -0.234. The van der Waals surface area contributed by atoms with Gasteiger partial charge in [0.05, 0.1) is 19.6 Å². The first kappa shape index (κ1) is 15.8. The van der Waals surface area contributed by atoms with Crippen molar-refractivity contribution in [2.75, 3.05) is 26.3 Å². The Morgan fingerprint density at radius 2 is 2.10 bits per heavy atom. The van der Waals surface area contributed by atoms with Crippen LogP contribution >= 0.6 is 11.3 Å². The summed E-state index contributed by atoms with van der Waals surface area (Å²) in [4.78, 5) is 26.7. The van der Waals surface area contributed by atoms with E-state index in [-0.39, 0.29) is 18.0 Å². The summed E-state index contributed by atoms with van der Waals surface area (Å²) in [6.45, 7) is 5.46. The van der Waals surface area contributed by atoms with E-state index in [1.165, 1.54) is 10.4 Å². The average Bonchev–Trinajstić information content (AvgIpc) is 2.84. The Hall–Kier alpha value is -1.56. The van der Waals surface area contributed by atoms with Gasteiger partial charge in [-0.05, 0) is 37.3 Å². The number of thiophene rings is 1. The lowest BCUT2D eigenvalue weighted by Gasteiger charge is -2.23. The summed E-state index contributed by atoms with van der Waals surface area (Å²) >= 11 is 1.68. The molecule has 0 unspecified atom stereocenters. The molecule has 1 amide bonds. The largest absolute Gasteiger partial charge is 0.466 e. The summed E-state index contributed by atoms with van der Waals surface area (Å²) in [5, 5.41) is 2.04. The monoisotopic (exact) mass is 311 g/mol. The van der Waals surface area contributed by atoms with E-state index in [0.717, 1.165) is 6.42 Å². The molecule has 1 aliphatic heterocycles. The molecule has 2 heterocycles. The Balaban J connectivity index is 2.13. The molecule has 1 aromatic heterocycles. The molecule has 1 atom stereocenters. The normalized spacial score (nSPS) is 17.8. The number of amides is 1. The molecule has 1 aliphatic rings. The Morgan fingerprint density at radius 1 is 1.33 bits per heavy atom. The van der Waals surface area contributed by atoms with Gasteiger partial charge in [-0.15, -0.1) is 11.3 Å². The minimum Gasteiger partial charge on any atom is -0.466 e. The average molecular weight is 311 g/mol. The van der Waals surface area contributed by atoms with E-state index < -0.39 is 0 Å². The molecule has 2 rings (SSSR count). The van der Waals surface area contributed by atoms with Crippen LogP contribution in [0, 0.1) is 0 Å². The van der Waals surface area contributed by atoms with Crippen molar-refractivity contribution in [3.8, 4) is 0 Å². The summed E-state index contributed by atoms with van der Waals surface area (Å²) in [7, 11) is 0. The van der Waals surface area contributed by atoms with Crippen molar-refractivity contribution in [3.05, 3.63) is 21.9 Å². The predicted octanol–water partition coefficient (Wildman–Crippen LogP) is 2.80. The molecular formula is C15H21NO4S. The van der Waals surface area contributed by atoms with Crippen LogP contribution in [-0.4, -0.2) is 43.3 Å². The summed E-state index contributed by atoms with van der Waals surface area (Å²) in [6, 6.07) is 2.05. The Morgan fingerprint density at radius 3 is 2.81 bits per heavy atom. The van der Waals surface area contributed by atoms with E-state index in [1.54, 1.807) is 30.1 Å². The number of nitrogens with zero attached hydrogens (tertiary/aromatic N) is 1. The fraction of sp³-hybridized carbons (Fsp3) is 0.600. The number of carbonyl (C=O) groups is 2. The van der Waals surface area contributed by atoms with Gasteiger partial charge in [0.2, 0.25) is 0 Å². The van der Waals surface area contributed by atoms with E-state index in [1.807, 2.05) is 5.38 Å². The van der Waals surface area contributed by atoms with Crippen molar-refractivity contribution in [2.45, 2.75) is 32.6 Å². The van der Waals surface area contributed by atoms with Crippen molar-refractivity contribution in [3.63, 3.8) is 0 Å². The summed E-state index contributed by atoms with van der Waals surface area (Å²) in [5.41, 5.74) is 1.17. The second-order valence-corrected chi connectivity index (χ2v) is 5.90. The van der Waals surface area contributed by atoms with Gasteiger partial charge in [0.15, 0.2) is 0 Å². The molecule has 0 saturated carbocycles. The standard InChI is InChI=1S/C15H21NO4S/c1-3-19-14(17)9-11-10-16(15(18)20-4-2)7-5-13-12(11)6-8-21-13/h6,8,11H,3-5,7,9-10H2,1-2H3/t11-/m1/s1. The van der Waals surface area contributed by atoms with Gasteiger partial charge in [-0.3, -0.25) is 4.79 Å². The minimum atomic E-state index is -0.304. The highest BCUT2D eigenvalue weighted by molar-refractivity contribution is 7.10. The molecule has 0 saturated heterocycles. The molecule has 5 nitrogen and oxygen atoms in total. The Bertz CT molecular complexity index is 500. The van der Waals surface area contributed by atoms with E-state index in [9.17, 15) is 9.59 Å². The lowest BCUT2D eigenvalue weighted by Crippen LogP contribution is -2.35. The van der Waals surface area contributed by atoms with Crippen molar-refractivity contribution in [1.82, 2.24) is 4.90 Å². The second kappa shape index (κ2) is 7.45. The van der Waals surface area contributed by atoms with Gasteiger partial charge >= 0.3 is 12.1 Å². The van der Waals surface area contributed by atoms with E-state index >= 15 is 0 Å². The van der Waals surface area contributed by atoms with Gasteiger partial charge in [0.1, 0.15) is 0 Å². The quantitative estimate of drug-likeness (QED) is 0.802. The zero-order chi connectivity index (χ0) is 15.2. The molecule has 0 N–H and O–H groups in total. The number of fused-ring (bicyclic) bond motifs is 1. The van der Waals surface area contributed by atoms with Crippen molar-refractivity contribution < 1.29 is 19.1 Å². The van der Waals surface area contributed by atoms with Gasteiger partial charge in [-0.1, -0.05) is 0 Å². The number of hydrogen-bond donors (Lipinski definition) is 0. The van der Waals surface area contributed by atoms with Crippen LogP contribution in [0.3, 0.4) is 0 Å². The smallest absolute Gasteiger partial charge is 0.409 e. The fourth-order valence-corrected chi connectivity index (χ4v) is 3.54. The maximum Gasteiger partial charge on any atom is 0.409 e. The van der Waals surface area contributed by atoms with Crippen LogP contribution < -0.4 is 0 Å². The number of hydrogen-bond acceptors (Lipinski definition) is 5. The molecule has 21 heavy (non-hydrogen) atoms. The Kier molecular flexibility index (Phi) is 5.61. The molecule has 1 aromatic rings. The third-order valence-corrected chi connectivity index (χ3v) is 4.51. The molecule has 0 spiro atoms. The molecule has 0 bridgehead atoms. The van der Waals surface area contributed by atoms with Crippen LogP contribution in [0.1, 0.15) is 36.6 Å². The second-order valence-electron chi connectivity index (χ2n) is 4.90. The summed E-state index contributed by atoms with van der Waals surface area (Å²) in [6.07, 6.45) is 0.806. The number of esters is 1. The van der Waals surface area contributed by atoms with Gasteiger partial charge in [0, 0.05) is 23.9 Å². The van der Waals surface area contributed by atoms with Gasteiger partial charge < -0.3 is 14.4 Å². The lowest BCUT2D eigenvalue weighted by atomic mass is 9.96. The number of rotatable bonds is 4. The molecule has 116 valence electrons. The van der Waals surface area contributed by atoms with Crippen LogP contribution in [0.5, 0.6) is 0 Å². The maximum atomic E-state index is 12.0. The topological polar surface area (TPSA) is 55.8 Å². The van der Waals surface area contributed by atoms with Crippen LogP contribution in [0.25, 0.3) is 0 Å². The van der Waals surface area contributed by atoms with Crippen LogP contribution in [0.2, 0.25) is 0 Å². The van der Waals surface area contributed by atoms with Gasteiger partial charge in [-0.2, -0.15) is 0 Å². The zero-order valence-electron chi connectivity index (χ0n) is 12.5. The third kappa shape index (κ3) is 3.97. The molecule has 0 fully saturated rings. The minimum absolute atomic E-state index is 0.0165. The van der Waals surface area contributed by atoms with Crippen LogP contribution in [-0.2, 0) is 20.7 Å². The van der Waals surface area contributed by atoms with Crippen molar-refractivity contribution in [2.24, 2.45) is 0 Å². The predicted molar refractivity (Wildman–Crippen MR) is 80.6 cm³/mol. The van der Waals surface area contributed by atoms with E-state index in [0.29, 0.717) is 32.7 Å². The highest BCUT2D eigenvalue weighted by atomic mass is 32.1. The third-order valence-electron chi connectivity index (χ3n) is 3.51. The first-order valence-corrected chi connectivity index (χ1v) is 8.17. The number of ether oxygens (including phenoxy) is 2. The highest BCUT2D eigenvalue weighted by Crippen LogP contribution is 2.32. The van der Waals surface area contributed by atoms with Crippen LogP contribution in [0.4, 0.5) is 4.79 Å². The Labute approximate surface area is 128 Å². The number of carbonyl (C=O) groups excluding carboxylic acids is 2. The van der Waals surface area contributed by atoms with Gasteiger partial charge in [0.25, 0.3) is 0 Å². The fourth-order valence-electron chi connectivity index (χ4n) is 2.59. The first-order chi connectivity index (χ1) is 10.2. The molecule has 6 heteroatoms. The van der Waals surface area contributed by atoms with Crippen LogP contribution in [0.15, 0.2) is 11.4 Å². The molecule has 0 aliphatic carbocycles. The van der Waals surface area contributed by atoms with Gasteiger partial charge in [-0.25, -0.2) is 4.79 Å². The maximum absolute atomic E-state index is 12.0. The van der Waals surface area contributed by atoms with E-state index in [2.05, 4.69) is 6.07 Å². The molecule has 0 aromatic carbocycles. The summed E-state index contributed by atoms with van der Waals surface area (Å²) < 4.78 is 10.1. The zero-order valence-corrected chi connectivity index (χ0v) is 13.3. The molecule has 0 radical (unpaired) electrons. The molecular weight excluding hydrogens is 290 g/mol. The lowest BCUT2D eigenvalue weighted by molar-refractivity contribution is -0.143. The van der Waals surface area contributed by atoms with Crippen molar-refractivity contribution in [1.29, 1.82) is 0 Å². The highest BCUT2D eigenvalue weighted by Gasteiger charge is 2.29. The van der Waals surface area contributed by atoms with Crippen molar-refractivity contribution >= 4 is 23.4 Å². The van der Waals surface area contributed by atoms with E-state index in [4.69, 9.17) is 9.47 Å². The first-order valence-electron chi connectivity index (χ1n) is 7.29.